The van der Waals surface area contributed by atoms with E-state index in [0.717, 1.165) is 23.7 Å². The monoisotopic (exact) mass is 267 g/mol. The van der Waals surface area contributed by atoms with E-state index in [1.54, 1.807) is 7.11 Å². The Labute approximate surface area is 113 Å². The fourth-order valence-corrected chi connectivity index (χ4v) is 1.71. The molecule has 0 bridgehead atoms. The molecule has 0 aliphatic rings. The Morgan fingerprint density at radius 3 is 2.44 bits per heavy atom. The number of halogens is 1. The van der Waals surface area contributed by atoms with Gasteiger partial charge in [0, 0.05) is 25.4 Å². The predicted molar refractivity (Wildman–Crippen MR) is 75.5 cm³/mol. The quantitative estimate of drug-likeness (QED) is 0.926. The minimum absolute atomic E-state index is 0. The van der Waals surface area contributed by atoms with Gasteiger partial charge in [-0.3, -0.25) is 4.68 Å². The molecular weight excluding hydrogens is 250 g/mol. The lowest BCUT2D eigenvalue weighted by Crippen LogP contribution is -2.01. The molecule has 0 saturated heterocycles. The van der Waals surface area contributed by atoms with Crippen LogP contribution in [-0.2, 0) is 13.6 Å². The van der Waals surface area contributed by atoms with Crippen molar-refractivity contribution in [1.29, 1.82) is 0 Å². The lowest BCUT2D eigenvalue weighted by atomic mass is 10.2. The van der Waals surface area contributed by atoms with Crippen LogP contribution in [0.25, 0.3) is 0 Å². The molecule has 18 heavy (non-hydrogen) atoms. The van der Waals surface area contributed by atoms with Gasteiger partial charge in [-0.25, -0.2) is 0 Å². The molecule has 1 aromatic carbocycles. The number of rotatable bonds is 4. The number of benzene rings is 1. The maximum Gasteiger partial charge on any atom is 0.151 e. The average Bonchev–Trinajstić information content (AvgIpc) is 2.66. The van der Waals surface area contributed by atoms with Gasteiger partial charge in [0.25, 0.3) is 0 Å². The van der Waals surface area contributed by atoms with Crippen molar-refractivity contribution in [3.05, 3.63) is 41.6 Å². The van der Waals surface area contributed by atoms with Crippen LogP contribution in [0.5, 0.6) is 5.75 Å². The standard InChI is InChI=1S/C13H17N3O.ClH/c1-10-9-16(2)15-13(10)14-8-11-4-6-12(17-3)7-5-11;/h4-7,9H,8H2,1-3H3,(H,14,15);1H. The van der Waals surface area contributed by atoms with E-state index in [1.165, 1.54) is 5.56 Å². The topological polar surface area (TPSA) is 39.1 Å². The molecule has 0 spiro atoms. The van der Waals surface area contributed by atoms with Gasteiger partial charge in [-0.1, -0.05) is 12.1 Å². The van der Waals surface area contributed by atoms with E-state index in [1.807, 2.05) is 49.1 Å². The first-order chi connectivity index (χ1) is 8.19. The zero-order valence-electron chi connectivity index (χ0n) is 10.8. The molecule has 1 aromatic heterocycles. The van der Waals surface area contributed by atoms with Crippen molar-refractivity contribution in [3.63, 3.8) is 0 Å². The van der Waals surface area contributed by atoms with Crippen molar-refractivity contribution in [1.82, 2.24) is 9.78 Å². The van der Waals surface area contributed by atoms with E-state index in [9.17, 15) is 0 Å². The fourth-order valence-electron chi connectivity index (χ4n) is 1.71. The lowest BCUT2D eigenvalue weighted by Gasteiger charge is -2.05. The van der Waals surface area contributed by atoms with Gasteiger partial charge in [0.1, 0.15) is 5.75 Å². The number of aryl methyl sites for hydroxylation is 2. The fraction of sp³-hybridized carbons (Fsp3) is 0.308. The second-order valence-electron chi connectivity index (χ2n) is 4.04. The van der Waals surface area contributed by atoms with Crippen molar-refractivity contribution in [2.24, 2.45) is 7.05 Å². The molecule has 0 atom stereocenters. The van der Waals surface area contributed by atoms with Crippen LogP contribution in [-0.4, -0.2) is 16.9 Å². The molecule has 0 fully saturated rings. The van der Waals surface area contributed by atoms with Crippen molar-refractivity contribution in [3.8, 4) is 5.75 Å². The third kappa shape index (κ3) is 3.40. The first-order valence-electron chi connectivity index (χ1n) is 5.56. The third-order valence-corrected chi connectivity index (χ3v) is 2.63. The number of anilines is 1. The first kappa shape index (κ1) is 14.4. The number of aromatic nitrogens is 2. The number of nitrogens with one attached hydrogen (secondary N) is 1. The Balaban J connectivity index is 0.00000162. The summed E-state index contributed by atoms with van der Waals surface area (Å²) in [7, 11) is 3.59. The summed E-state index contributed by atoms with van der Waals surface area (Å²) < 4.78 is 6.93. The van der Waals surface area contributed by atoms with E-state index in [0.29, 0.717) is 0 Å². The summed E-state index contributed by atoms with van der Waals surface area (Å²) >= 11 is 0. The van der Waals surface area contributed by atoms with Gasteiger partial charge >= 0.3 is 0 Å². The molecule has 0 aliphatic carbocycles. The van der Waals surface area contributed by atoms with Crippen LogP contribution < -0.4 is 10.1 Å². The third-order valence-electron chi connectivity index (χ3n) is 2.63. The summed E-state index contributed by atoms with van der Waals surface area (Å²) in [4.78, 5) is 0. The zero-order valence-corrected chi connectivity index (χ0v) is 11.6. The highest BCUT2D eigenvalue weighted by atomic mass is 35.5. The Morgan fingerprint density at radius 2 is 1.94 bits per heavy atom. The SMILES string of the molecule is COc1ccc(CNc2nn(C)cc2C)cc1.Cl. The Morgan fingerprint density at radius 1 is 1.28 bits per heavy atom. The molecule has 0 amide bonds. The minimum atomic E-state index is 0. The van der Waals surface area contributed by atoms with Crippen molar-refractivity contribution < 1.29 is 4.74 Å². The van der Waals surface area contributed by atoms with Gasteiger partial charge in [-0.05, 0) is 24.6 Å². The molecule has 5 heteroatoms. The molecule has 0 radical (unpaired) electrons. The summed E-state index contributed by atoms with van der Waals surface area (Å²) in [5, 5.41) is 7.65. The molecule has 98 valence electrons. The summed E-state index contributed by atoms with van der Waals surface area (Å²) in [6, 6.07) is 8.01. The van der Waals surface area contributed by atoms with Crippen LogP contribution in [0.1, 0.15) is 11.1 Å². The molecule has 4 nitrogen and oxygen atoms in total. The van der Waals surface area contributed by atoms with Gasteiger partial charge < -0.3 is 10.1 Å². The van der Waals surface area contributed by atoms with Gasteiger partial charge in [-0.2, -0.15) is 5.10 Å². The number of nitrogens with zero attached hydrogens (tertiary/aromatic N) is 2. The van der Waals surface area contributed by atoms with E-state index >= 15 is 0 Å². The second-order valence-corrected chi connectivity index (χ2v) is 4.04. The number of methoxy groups -OCH3 is 1. The molecule has 0 unspecified atom stereocenters. The summed E-state index contributed by atoms with van der Waals surface area (Å²) in [6.45, 7) is 2.81. The number of ether oxygens (including phenoxy) is 1. The van der Waals surface area contributed by atoms with Crippen LogP contribution in [0.2, 0.25) is 0 Å². The van der Waals surface area contributed by atoms with Crippen molar-refractivity contribution >= 4 is 18.2 Å². The molecule has 2 aromatic rings. The average molecular weight is 268 g/mol. The van der Waals surface area contributed by atoms with Gasteiger partial charge in [0.05, 0.1) is 7.11 Å². The summed E-state index contributed by atoms with van der Waals surface area (Å²) in [6.07, 6.45) is 2.00. The Bertz CT molecular complexity index is 493. The van der Waals surface area contributed by atoms with E-state index in [4.69, 9.17) is 4.74 Å². The van der Waals surface area contributed by atoms with E-state index in [2.05, 4.69) is 10.4 Å². The van der Waals surface area contributed by atoms with Gasteiger partial charge in [0.15, 0.2) is 5.82 Å². The first-order valence-corrected chi connectivity index (χ1v) is 5.56. The van der Waals surface area contributed by atoms with Crippen LogP contribution in [0.15, 0.2) is 30.5 Å². The Kier molecular flexibility index (Phi) is 5.04. The zero-order chi connectivity index (χ0) is 12.3. The largest absolute Gasteiger partial charge is 0.497 e. The van der Waals surface area contributed by atoms with E-state index < -0.39 is 0 Å². The highest BCUT2D eigenvalue weighted by molar-refractivity contribution is 5.85. The van der Waals surface area contributed by atoms with Crippen molar-refractivity contribution in [2.45, 2.75) is 13.5 Å². The molecule has 0 aliphatic heterocycles. The summed E-state index contributed by atoms with van der Waals surface area (Å²) in [5.74, 6) is 1.81. The van der Waals surface area contributed by atoms with Crippen LogP contribution >= 0.6 is 12.4 Å². The minimum Gasteiger partial charge on any atom is -0.497 e. The molecule has 1 N–H and O–H groups in total. The molecular formula is C13H18ClN3O. The van der Waals surface area contributed by atoms with Gasteiger partial charge in [-0.15, -0.1) is 12.4 Å². The van der Waals surface area contributed by atoms with E-state index in [-0.39, 0.29) is 12.4 Å². The maximum absolute atomic E-state index is 5.12. The normalized spacial score (nSPS) is 9.72. The Hall–Kier alpha value is -1.68. The smallest absolute Gasteiger partial charge is 0.151 e. The van der Waals surface area contributed by atoms with Gasteiger partial charge in [0.2, 0.25) is 0 Å². The predicted octanol–water partition coefficient (Wildman–Crippen LogP) is 2.77. The highest BCUT2D eigenvalue weighted by Gasteiger charge is 2.02. The van der Waals surface area contributed by atoms with Crippen LogP contribution in [0.3, 0.4) is 0 Å². The number of hydrogen-bond acceptors (Lipinski definition) is 3. The molecule has 0 saturated carbocycles. The van der Waals surface area contributed by atoms with Crippen molar-refractivity contribution in [2.75, 3.05) is 12.4 Å². The highest BCUT2D eigenvalue weighted by Crippen LogP contribution is 2.14. The molecule has 2 rings (SSSR count). The van der Waals surface area contributed by atoms with Crippen LogP contribution in [0, 0.1) is 6.92 Å². The van der Waals surface area contributed by atoms with Crippen LogP contribution in [0.4, 0.5) is 5.82 Å². The molecule has 1 heterocycles. The lowest BCUT2D eigenvalue weighted by molar-refractivity contribution is 0.414. The second kappa shape index (κ2) is 6.31. The maximum atomic E-state index is 5.12. The number of hydrogen-bond donors (Lipinski definition) is 1. The summed E-state index contributed by atoms with van der Waals surface area (Å²) in [5.41, 5.74) is 2.36.